The maximum atomic E-state index is 9.96. The molecule has 14 heteroatoms. The third-order valence-electron chi connectivity index (χ3n) is 1.41. The molecule has 0 aromatic heterocycles. The number of rotatable bonds is 6. The first-order chi connectivity index (χ1) is 9.65. The third-order valence-corrected chi connectivity index (χ3v) is 2.98. The maximum absolute atomic E-state index is 9.96. The maximum Gasteiger partial charge on any atom is 0.321 e. The fourth-order valence-electron chi connectivity index (χ4n) is 0.596. The van der Waals surface area contributed by atoms with Crippen LogP contribution in [-0.2, 0) is 29.8 Å². The lowest BCUT2D eigenvalue weighted by Crippen LogP contribution is -2.36. The van der Waals surface area contributed by atoms with Gasteiger partial charge in [-0.3, -0.25) is 18.7 Å². The van der Waals surface area contributed by atoms with E-state index in [1.165, 1.54) is 0 Å². The number of hydrogen-bond donors (Lipinski definition) is 6. The van der Waals surface area contributed by atoms with E-state index in [9.17, 15) is 26.4 Å². The van der Waals surface area contributed by atoms with Crippen LogP contribution in [0.5, 0.6) is 0 Å². The van der Waals surface area contributed by atoms with E-state index in [4.69, 9.17) is 30.8 Å². The molecule has 0 aromatic rings. The number of carboxylic acids is 2. The van der Waals surface area contributed by atoms with Crippen LogP contribution >= 0.6 is 0 Å². The lowest BCUT2D eigenvalue weighted by molar-refractivity contribution is -0.138. The molecular formula is C8H18N2O10S2. The minimum absolute atomic E-state index is 0.956. The van der Waals surface area contributed by atoms with E-state index in [0.717, 1.165) is 0 Å². The van der Waals surface area contributed by atoms with Crippen LogP contribution < -0.4 is 11.5 Å². The Morgan fingerprint density at radius 3 is 1.05 bits per heavy atom. The Morgan fingerprint density at radius 1 is 0.818 bits per heavy atom. The molecule has 0 amide bonds. The standard InChI is InChI=1S/2C3H7NO5S.C2H4/c2*4-2(3(5)6)1-10(7,8)9;1-2/h2*2H,1,4H2,(H,5,6)(H,7,8,9);1-2H2/t2*2-;/m00./s1. The smallest absolute Gasteiger partial charge is 0.321 e. The normalized spacial score (nSPS) is 13.5. The molecule has 12 nitrogen and oxygen atoms in total. The van der Waals surface area contributed by atoms with Crippen LogP contribution in [0.3, 0.4) is 0 Å². The van der Waals surface area contributed by atoms with Gasteiger partial charge < -0.3 is 21.7 Å². The van der Waals surface area contributed by atoms with E-state index in [0.29, 0.717) is 0 Å². The molecule has 0 aliphatic heterocycles. The van der Waals surface area contributed by atoms with E-state index < -0.39 is 55.8 Å². The number of aliphatic carboxylic acids is 2. The first-order valence-electron chi connectivity index (χ1n) is 5.03. The van der Waals surface area contributed by atoms with E-state index in [-0.39, 0.29) is 0 Å². The highest BCUT2D eigenvalue weighted by molar-refractivity contribution is 7.86. The van der Waals surface area contributed by atoms with Gasteiger partial charge in [0.2, 0.25) is 0 Å². The molecule has 0 saturated heterocycles. The topological polar surface area (TPSA) is 235 Å². The van der Waals surface area contributed by atoms with E-state index >= 15 is 0 Å². The van der Waals surface area contributed by atoms with Crippen LogP contribution in [0.25, 0.3) is 0 Å². The first kappa shape index (κ1) is 25.4. The van der Waals surface area contributed by atoms with Crippen molar-refractivity contribution in [2.45, 2.75) is 12.1 Å². The van der Waals surface area contributed by atoms with Gasteiger partial charge in [0.1, 0.15) is 23.6 Å². The second-order valence-electron chi connectivity index (χ2n) is 3.39. The van der Waals surface area contributed by atoms with Gasteiger partial charge in [0.25, 0.3) is 20.2 Å². The van der Waals surface area contributed by atoms with Gasteiger partial charge in [0.05, 0.1) is 0 Å². The van der Waals surface area contributed by atoms with Gasteiger partial charge in [-0.05, 0) is 0 Å². The monoisotopic (exact) mass is 366 g/mol. The average molecular weight is 366 g/mol. The molecule has 8 N–H and O–H groups in total. The van der Waals surface area contributed by atoms with Gasteiger partial charge >= 0.3 is 11.9 Å². The minimum Gasteiger partial charge on any atom is -0.480 e. The molecule has 0 heterocycles. The molecule has 0 aliphatic rings. The molecule has 132 valence electrons. The largest absolute Gasteiger partial charge is 0.480 e. The van der Waals surface area contributed by atoms with Crippen molar-refractivity contribution in [3.05, 3.63) is 13.2 Å². The highest BCUT2D eigenvalue weighted by Crippen LogP contribution is 1.87. The Balaban J connectivity index is -0.000000294. The van der Waals surface area contributed by atoms with Gasteiger partial charge in [-0.2, -0.15) is 16.8 Å². The summed E-state index contributed by atoms with van der Waals surface area (Å²) in [5.41, 5.74) is 9.53. The number of hydrogen-bond acceptors (Lipinski definition) is 8. The number of carboxylic acid groups (broad SMARTS) is 2. The molecule has 22 heavy (non-hydrogen) atoms. The van der Waals surface area contributed by atoms with Crippen molar-refractivity contribution in [2.24, 2.45) is 11.5 Å². The van der Waals surface area contributed by atoms with E-state index in [1.807, 2.05) is 0 Å². The van der Waals surface area contributed by atoms with Crippen LogP contribution in [0, 0.1) is 0 Å². The summed E-state index contributed by atoms with van der Waals surface area (Å²) in [6, 6.07) is -3.12. The van der Waals surface area contributed by atoms with Crippen molar-refractivity contribution in [3.8, 4) is 0 Å². The van der Waals surface area contributed by atoms with Crippen molar-refractivity contribution in [1.29, 1.82) is 0 Å². The van der Waals surface area contributed by atoms with Crippen molar-refractivity contribution in [2.75, 3.05) is 11.5 Å². The minimum atomic E-state index is -4.27. The average Bonchev–Trinajstić information content (AvgIpc) is 2.27. The van der Waals surface area contributed by atoms with Gasteiger partial charge in [0.15, 0.2) is 0 Å². The first-order valence-corrected chi connectivity index (χ1v) is 8.24. The summed E-state index contributed by atoms with van der Waals surface area (Å²) >= 11 is 0. The van der Waals surface area contributed by atoms with Gasteiger partial charge in [-0.15, -0.1) is 13.2 Å². The Bertz CT molecular complexity index is 505. The molecule has 0 aliphatic carbocycles. The molecule has 0 spiro atoms. The zero-order valence-electron chi connectivity index (χ0n) is 11.2. The van der Waals surface area contributed by atoms with Crippen molar-refractivity contribution in [3.63, 3.8) is 0 Å². The van der Waals surface area contributed by atoms with E-state index in [2.05, 4.69) is 13.2 Å². The molecule has 0 bridgehead atoms. The van der Waals surface area contributed by atoms with Crippen LogP contribution in [0.4, 0.5) is 0 Å². The summed E-state index contributed by atoms with van der Waals surface area (Å²) in [4.78, 5) is 19.8. The Hall–Kier alpha value is -1.58. The van der Waals surface area contributed by atoms with Crippen LogP contribution in [0.1, 0.15) is 0 Å². The summed E-state index contributed by atoms with van der Waals surface area (Å²) in [7, 11) is -8.55. The molecule has 2 atom stereocenters. The van der Waals surface area contributed by atoms with Gasteiger partial charge in [-0.25, -0.2) is 0 Å². The van der Waals surface area contributed by atoms with Crippen molar-refractivity contribution in [1.82, 2.24) is 0 Å². The highest BCUT2D eigenvalue weighted by atomic mass is 32.2. The lowest BCUT2D eigenvalue weighted by atomic mass is 10.4. The summed E-state index contributed by atoms with van der Waals surface area (Å²) in [6.07, 6.45) is 0. The SMILES string of the molecule is C=C.N[C@@H](CS(=O)(=O)O)C(=O)O.N[C@@H](CS(=O)(=O)O)C(=O)O. The van der Waals surface area contributed by atoms with E-state index in [1.54, 1.807) is 0 Å². The second-order valence-corrected chi connectivity index (χ2v) is 6.38. The zero-order chi connectivity index (χ0) is 18.7. The second kappa shape index (κ2) is 11.0. The van der Waals surface area contributed by atoms with Crippen LogP contribution in [0.2, 0.25) is 0 Å². The Labute approximate surface area is 126 Å². The molecular weight excluding hydrogens is 348 g/mol. The predicted octanol–water partition coefficient (Wildman–Crippen LogP) is -2.63. The van der Waals surface area contributed by atoms with Gasteiger partial charge in [-0.1, -0.05) is 0 Å². The summed E-state index contributed by atoms with van der Waals surface area (Å²) < 4.78 is 56.0. The Morgan fingerprint density at radius 2 is 1.00 bits per heavy atom. The van der Waals surface area contributed by atoms with Gasteiger partial charge in [0, 0.05) is 0 Å². The number of carbonyl (C=O) groups is 2. The molecule has 0 fully saturated rings. The molecule has 0 unspecified atom stereocenters. The highest BCUT2D eigenvalue weighted by Gasteiger charge is 2.19. The lowest BCUT2D eigenvalue weighted by Gasteiger charge is -2.01. The number of nitrogens with two attached hydrogens (primary N) is 2. The molecule has 0 radical (unpaired) electrons. The molecule has 0 rings (SSSR count). The fourth-order valence-corrected chi connectivity index (χ4v) is 1.79. The van der Waals surface area contributed by atoms with Crippen LogP contribution in [-0.4, -0.2) is 71.7 Å². The quantitative estimate of drug-likeness (QED) is 0.209. The van der Waals surface area contributed by atoms with Crippen LogP contribution in [0.15, 0.2) is 13.2 Å². The molecule has 0 saturated carbocycles. The summed E-state index contributed by atoms with van der Waals surface area (Å²) in [5, 5.41) is 16.1. The van der Waals surface area contributed by atoms with Crippen molar-refractivity contribution < 1.29 is 45.7 Å². The zero-order valence-corrected chi connectivity index (χ0v) is 12.8. The fraction of sp³-hybridized carbons (Fsp3) is 0.500. The predicted molar refractivity (Wildman–Crippen MR) is 75.3 cm³/mol. The summed E-state index contributed by atoms with van der Waals surface area (Å²) in [6.45, 7) is 6.00. The third kappa shape index (κ3) is 20.7. The molecule has 0 aromatic carbocycles. The summed E-state index contributed by atoms with van der Waals surface area (Å²) in [5.74, 6) is -4.83. The van der Waals surface area contributed by atoms with Crippen molar-refractivity contribution >= 4 is 32.2 Å². The Kier molecular flexibility index (Phi) is 12.7.